The number of hydrogen-bond acceptors (Lipinski definition) is 4. The minimum atomic E-state index is -0.454. The Labute approximate surface area is 188 Å². The van der Waals surface area contributed by atoms with Crippen LogP contribution in [0.15, 0.2) is 79.0 Å². The molecule has 0 radical (unpaired) electrons. The van der Waals surface area contributed by atoms with Crippen molar-refractivity contribution in [1.82, 2.24) is 9.78 Å². The molecule has 3 amide bonds. The predicted molar refractivity (Wildman–Crippen MR) is 120 cm³/mol. The number of halogens is 1. The van der Waals surface area contributed by atoms with Crippen LogP contribution in [0.2, 0.25) is 0 Å². The molecule has 0 fully saturated rings. The first-order valence-electron chi connectivity index (χ1n) is 10.1. The number of benzene rings is 3. The summed E-state index contributed by atoms with van der Waals surface area (Å²) in [6.07, 6.45) is 1.37. The highest BCUT2D eigenvalue weighted by molar-refractivity contribution is 6.34. The van der Waals surface area contributed by atoms with Gasteiger partial charge in [0.1, 0.15) is 11.5 Å². The van der Waals surface area contributed by atoms with Crippen LogP contribution < -0.4 is 10.2 Å². The standard InChI is InChI=1S/C25H17FN4O3/c1-15-20(14-27-30(15)22-12-5-4-11-21(22)26)23(31)28-16-7-6-8-17(13-16)29-24(32)18-9-2-3-10-19(18)25(29)33/h2-14H,1H3,(H,28,31). The number of anilines is 2. The number of nitrogens with one attached hydrogen (secondary N) is 1. The van der Waals surface area contributed by atoms with Crippen LogP contribution in [0.1, 0.15) is 36.8 Å². The maximum Gasteiger partial charge on any atom is 0.266 e. The fourth-order valence-corrected chi connectivity index (χ4v) is 3.84. The lowest BCUT2D eigenvalue weighted by Gasteiger charge is -2.15. The van der Waals surface area contributed by atoms with E-state index in [9.17, 15) is 18.8 Å². The summed E-state index contributed by atoms with van der Waals surface area (Å²) in [5.74, 6) is -1.74. The van der Waals surface area contributed by atoms with Crippen LogP contribution in [0.25, 0.3) is 5.69 Å². The van der Waals surface area contributed by atoms with Gasteiger partial charge in [-0.3, -0.25) is 14.4 Å². The Kier molecular flexibility index (Phi) is 4.82. The molecule has 1 aliphatic rings. The lowest BCUT2D eigenvalue weighted by Crippen LogP contribution is -2.29. The average Bonchev–Trinajstić information content (AvgIpc) is 3.32. The summed E-state index contributed by atoms with van der Waals surface area (Å²) in [5.41, 5.74) is 2.39. The van der Waals surface area contributed by atoms with E-state index in [0.717, 1.165) is 4.90 Å². The summed E-state index contributed by atoms with van der Waals surface area (Å²) >= 11 is 0. The van der Waals surface area contributed by atoms with Crippen molar-refractivity contribution in [1.29, 1.82) is 0 Å². The Morgan fingerprint density at radius 1 is 0.909 bits per heavy atom. The van der Waals surface area contributed by atoms with E-state index >= 15 is 0 Å². The fourth-order valence-electron chi connectivity index (χ4n) is 3.84. The second-order valence-corrected chi connectivity index (χ2v) is 7.50. The molecule has 0 atom stereocenters. The molecule has 162 valence electrons. The third-order valence-electron chi connectivity index (χ3n) is 5.49. The minimum absolute atomic E-state index is 0.238. The van der Waals surface area contributed by atoms with Gasteiger partial charge in [0.15, 0.2) is 0 Å². The maximum absolute atomic E-state index is 14.1. The Morgan fingerprint density at radius 3 is 2.27 bits per heavy atom. The van der Waals surface area contributed by atoms with Crippen molar-refractivity contribution in [2.24, 2.45) is 0 Å². The van der Waals surface area contributed by atoms with Crippen molar-refractivity contribution < 1.29 is 18.8 Å². The Balaban J connectivity index is 1.41. The number of nitrogens with zero attached hydrogens (tertiary/aromatic N) is 3. The summed E-state index contributed by atoms with van der Waals surface area (Å²) in [5, 5.41) is 6.91. The van der Waals surface area contributed by atoms with Gasteiger partial charge in [-0.2, -0.15) is 5.10 Å². The Morgan fingerprint density at radius 2 is 1.58 bits per heavy atom. The number of aromatic nitrogens is 2. The highest BCUT2D eigenvalue weighted by atomic mass is 19.1. The van der Waals surface area contributed by atoms with E-state index in [1.165, 1.54) is 16.9 Å². The normalized spacial score (nSPS) is 12.7. The molecule has 0 spiro atoms. The average molecular weight is 440 g/mol. The number of amides is 3. The van der Waals surface area contributed by atoms with Crippen molar-refractivity contribution in [3.8, 4) is 5.69 Å². The largest absolute Gasteiger partial charge is 0.322 e. The smallest absolute Gasteiger partial charge is 0.266 e. The number of para-hydroxylation sites is 1. The van der Waals surface area contributed by atoms with Crippen molar-refractivity contribution in [2.75, 3.05) is 10.2 Å². The zero-order valence-electron chi connectivity index (χ0n) is 17.4. The molecule has 5 rings (SSSR count). The van der Waals surface area contributed by atoms with Crippen LogP contribution in [0.3, 0.4) is 0 Å². The zero-order chi connectivity index (χ0) is 23.1. The number of carbonyl (C=O) groups is 3. The van der Waals surface area contributed by atoms with Gasteiger partial charge in [0.05, 0.1) is 34.3 Å². The van der Waals surface area contributed by atoms with Gasteiger partial charge >= 0.3 is 0 Å². The molecule has 0 bridgehead atoms. The molecule has 0 saturated carbocycles. The summed E-state index contributed by atoms with van der Waals surface area (Å²) in [6.45, 7) is 1.67. The number of rotatable bonds is 4. The van der Waals surface area contributed by atoms with E-state index in [-0.39, 0.29) is 11.3 Å². The van der Waals surface area contributed by atoms with Gasteiger partial charge in [-0.1, -0.05) is 30.3 Å². The lowest BCUT2D eigenvalue weighted by atomic mass is 10.1. The van der Waals surface area contributed by atoms with Crippen LogP contribution in [0.5, 0.6) is 0 Å². The summed E-state index contributed by atoms with van der Waals surface area (Å²) in [7, 11) is 0. The molecule has 0 saturated heterocycles. The molecule has 0 aliphatic carbocycles. The molecular formula is C25H17FN4O3. The van der Waals surface area contributed by atoms with E-state index in [4.69, 9.17) is 0 Å². The molecule has 4 aromatic rings. The van der Waals surface area contributed by atoms with E-state index in [2.05, 4.69) is 10.4 Å². The van der Waals surface area contributed by atoms with E-state index in [0.29, 0.717) is 28.2 Å². The van der Waals surface area contributed by atoms with E-state index in [1.54, 1.807) is 73.7 Å². The molecule has 1 aromatic heterocycles. The van der Waals surface area contributed by atoms with Crippen LogP contribution in [0.4, 0.5) is 15.8 Å². The van der Waals surface area contributed by atoms with Crippen molar-refractivity contribution in [3.05, 3.63) is 107 Å². The van der Waals surface area contributed by atoms with Gasteiger partial charge in [0.2, 0.25) is 0 Å². The minimum Gasteiger partial charge on any atom is -0.322 e. The van der Waals surface area contributed by atoms with Gasteiger partial charge in [-0.05, 0) is 49.4 Å². The van der Waals surface area contributed by atoms with E-state index < -0.39 is 23.5 Å². The van der Waals surface area contributed by atoms with Crippen LogP contribution in [-0.4, -0.2) is 27.5 Å². The molecule has 33 heavy (non-hydrogen) atoms. The molecule has 7 nitrogen and oxygen atoms in total. The summed E-state index contributed by atoms with van der Waals surface area (Å²) in [4.78, 5) is 39.5. The molecule has 1 N–H and O–H groups in total. The summed E-state index contributed by atoms with van der Waals surface area (Å²) < 4.78 is 15.5. The quantitative estimate of drug-likeness (QED) is 0.478. The first-order chi connectivity index (χ1) is 16.0. The number of fused-ring (bicyclic) bond motifs is 1. The second kappa shape index (κ2) is 7.83. The summed E-state index contributed by atoms with van der Waals surface area (Å²) in [6, 6.07) is 19.2. The van der Waals surface area contributed by atoms with Crippen molar-refractivity contribution in [3.63, 3.8) is 0 Å². The fraction of sp³-hybridized carbons (Fsp3) is 0.0400. The lowest BCUT2D eigenvalue weighted by molar-refractivity contribution is 0.0925. The zero-order valence-corrected chi connectivity index (χ0v) is 17.4. The maximum atomic E-state index is 14.1. The van der Waals surface area contributed by atoms with Crippen LogP contribution in [-0.2, 0) is 0 Å². The molecule has 2 heterocycles. The predicted octanol–water partition coefficient (Wildman–Crippen LogP) is 4.37. The third kappa shape index (κ3) is 3.38. The third-order valence-corrected chi connectivity index (χ3v) is 5.49. The van der Waals surface area contributed by atoms with Crippen molar-refractivity contribution >= 4 is 29.1 Å². The van der Waals surface area contributed by atoms with Gasteiger partial charge < -0.3 is 5.32 Å². The van der Waals surface area contributed by atoms with Gasteiger partial charge in [0, 0.05) is 5.69 Å². The van der Waals surface area contributed by atoms with Gasteiger partial charge in [-0.15, -0.1) is 0 Å². The molecule has 1 aliphatic heterocycles. The number of imide groups is 1. The van der Waals surface area contributed by atoms with Gasteiger partial charge in [-0.25, -0.2) is 14.0 Å². The topological polar surface area (TPSA) is 84.3 Å². The molecular weight excluding hydrogens is 423 g/mol. The first kappa shape index (κ1) is 20.3. The van der Waals surface area contributed by atoms with Crippen LogP contribution in [0, 0.1) is 12.7 Å². The molecule has 3 aromatic carbocycles. The van der Waals surface area contributed by atoms with Crippen LogP contribution >= 0.6 is 0 Å². The van der Waals surface area contributed by atoms with Gasteiger partial charge in [0.25, 0.3) is 17.7 Å². The monoisotopic (exact) mass is 440 g/mol. The Hall–Kier alpha value is -4.59. The second-order valence-electron chi connectivity index (χ2n) is 7.50. The Bertz CT molecular complexity index is 1410. The molecule has 0 unspecified atom stereocenters. The number of hydrogen-bond donors (Lipinski definition) is 1. The highest BCUT2D eigenvalue weighted by Gasteiger charge is 2.36. The van der Waals surface area contributed by atoms with E-state index in [1.807, 2.05) is 0 Å². The highest BCUT2D eigenvalue weighted by Crippen LogP contribution is 2.30. The van der Waals surface area contributed by atoms with Crippen molar-refractivity contribution in [2.45, 2.75) is 6.92 Å². The number of carbonyl (C=O) groups excluding carboxylic acids is 3. The molecule has 8 heteroatoms. The SMILES string of the molecule is Cc1c(C(=O)Nc2cccc(N3C(=O)c4ccccc4C3=O)c2)cnn1-c1ccccc1F. The first-order valence-corrected chi connectivity index (χ1v) is 10.1.